The van der Waals surface area contributed by atoms with Gasteiger partial charge >= 0.3 is 0 Å². The number of para-hydroxylation sites is 1. The van der Waals surface area contributed by atoms with Gasteiger partial charge in [-0.3, -0.25) is 4.79 Å². The molecule has 3 nitrogen and oxygen atoms in total. The van der Waals surface area contributed by atoms with Crippen LogP contribution in [-0.4, -0.2) is 11.7 Å². The van der Waals surface area contributed by atoms with Crippen molar-refractivity contribution in [1.29, 1.82) is 0 Å². The van der Waals surface area contributed by atoms with Crippen molar-refractivity contribution in [2.45, 2.75) is 6.54 Å². The van der Waals surface area contributed by atoms with E-state index < -0.39 is 0 Å². The van der Waals surface area contributed by atoms with Crippen molar-refractivity contribution in [3.63, 3.8) is 0 Å². The second kappa shape index (κ2) is 5.74. The molecule has 106 valence electrons. The number of rotatable bonds is 3. The average Bonchev–Trinajstić information content (AvgIpc) is 2.51. The van der Waals surface area contributed by atoms with E-state index in [2.05, 4.69) is 20.5 Å². The van der Waals surface area contributed by atoms with E-state index in [4.69, 9.17) is 4.74 Å². The normalized spacial score (nSPS) is 10.8. The van der Waals surface area contributed by atoms with E-state index in [9.17, 15) is 4.79 Å². The first-order chi connectivity index (χ1) is 10.2. The summed E-state index contributed by atoms with van der Waals surface area (Å²) in [6, 6.07) is 15.2. The molecule has 21 heavy (non-hydrogen) atoms. The van der Waals surface area contributed by atoms with Gasteiger partial charge in [-0.2, -0.15) is 0 Å². The van der Waals surface area contributed by atoms with E-state index in [0.29, 0.717) is 6.54 Å². The number of halogens is 1. The second-order valence-corrected chi connectivity index (χ2v) is 5.70. The quantitative estimate of drug-likeness (QED) is 0.723. The van der Waals surface area contributed by atoms with Crippen LogP contribution in [0, 0.1) is 0 Å². The van der Waals surface area contributed by atoms with Gasteiger partial charge in [0.15, 0.2) is 5.43 Å². The Kier molecular flexibility index (Phi) is 3.80. The summed E-state index contributed by atoms with van der Waals surface area (Å²) in [5, 5.41) is 0.731. The van der Waals surface area contributed by atoms with E-state index in [1.165, 1.54) is 0 Å². The van der Waals surface area contributed by atoms with E-state index in [1.807, 2.05) is 48.7 Å². The third kappa shape index (κ3) is 2.72. The molecular weight excluding hydrogens is 330 g/mol. The molecule has 0 bridgehead atoms. The number of aromatic nitrogens is 1. The van der Waals surface area contributed by atoms with Gasteiger partial charge in [0.25, 0.3) is 0 Å². The third-order valence-corrected chi connectivity index (χ3v) is 3.96. The number of hydrogen-bond acceptors (Lipinski definition) is 2. The van der Waals surface area contributed by atoms with Crippen LogP contribution in [0.1, 0.15) is 5.56 Å². The molecular formula is C17H14BrNO2. The molecule has 0 aliphatic rings. The van der Waals surface area contributed by atoms with Gasteiger partial charge < -0.3 is 9.30 Å². The summed E-state index contributed by atoms with van der Waals surface area (Å²) in [7, 11) is 1.66. The van der Waals surface area contributed by atoms with Crippen LogP contribution in [0.3, 0.4) is 0 Å². The predicted molar refractivity (Wildman–Crippen MR) is 88.0 cm³/mol. The molecule has 3 aromatic rings. The second-order valence-electron chi connectivity index (χ2n) is 4.78. The Morgan fingerprint density at radius 1 is 1.14 bits per heavy atom. The van der Waals surface area contributed by atoms with Crippen LogP contribution in [-0.2, 0) is 6.54 Å². The molecule has 2 aromatic carbocycles. The van der Waals surface area contributed by atoms with Gasteiger partial charge in [-0.25, -0.2) is 0 Å². The van der Waals surface area contributed by atoms with Crippen molar-refractivity contribution in [2.24, 2.45) is 0 Å². The Balaban J connectivity index is 2.13. The minimum absolute atomic E-state index is 0.0445. The lowest BCUT2D eigenvalue weighted by atomic mass is 10.1. The molecule has 3 rings (SSSR count). The van der Waals surface area contributed by atoms with Gasteiger partial charge in [-0.1, -0.05) is 28.1 Å². The highest BCUT2D eigenvalue weighted by atomic mass is 79.9. The zero-order valence-electron chi connectivity index (χ0n) is 11.5. The molecule has 0 fully saturated rings. The number of fused-ring (bicyclic) bond motifs is 1. The van der Waals surface area contributed by atoms with Crippen LogP contribution in [0.25, 0.3) is 10.9 Å². The summed E-state index contributed by atoms with van der Waals surface area (Å²) in [6.45, 7) is 0.642. The van der Waals surface area contributed by atoms with Crippen LogP contribution in [0.5, 0.6) is 5.75 Å². The minimum Gasteiger partial charge on any atom is -0.496 e. The zero-order valence-corrected chi connectivity index (χ0v) is 13.1. The lowest BCUT2D eigenvalue weighted by Crippen LogP contribution is -2.09. The number of ether oxygens (including phenoxy) is 1. The number of benzene rings is 2. The van der Waals surface area contributed by atoms with Crippen LogP contribution < -0.4 is 10.2 Å². The van der Waals surface area contributed by atoms with Crippen LogP contribution in [0.4, 0.5) is 0 Å². The largest absolute Gasteiger partial charge is 0.496 e. The average molecular weight is 344 g/mol. The van der Waals surface area contributed by atoms with Crippen LogP contribution >= 0.6 is 15.9 Å². The summed E-state index contributed by atoms with van der Waals surface area (Å²) in [6.07, 6.45) is 1.82. The highest BCUT2D eigenvalue weighted by molar-refractivity contribution is 9.10. The van der Waals surface area contributed by atoms with Crippen molar-refractivity contribution in [3.8, 4) is 5.75 Å². The van der Waals surface area contributed by atoms with E-state index in [-0.39, 0.29) is 5.43 Å². The van der Waals surface area contributed by atoms with Gasteiger partial charge in [0.2, 0.25) is 0 Å². The third-order valence-electron chi connectivity index (χ3n) is 3.47. The molecule has 0 saturated carbocycles. The maximum atomic E-state index is 11.9. The first kappa shape index (κ1) is 13.9. The highest BCUT2D eigenvalue weighted by Crippen LogP contribution is 2.24. The molecule has 0 aliphatic heterocycles. The Hall–Kier alpha value is -2.07. The highest BCUT2D eigenvalue weighted by Gasteiger charge is 2.07. The maximum Gasteiger partial charge on any atom is 0.189 e. The lowest BCUT2D eigenvalue weighted by Gasteiger charge is -2.13. The number of nitrogens with zero attached hydrogens (tertiary/aromatic N) is 1. The molecule has 0 unspecified atom stereocenters. The summed E-state index contributed by atoms with van der Waals surface area (Å²) in [5.74, 6) is 0.834. The molecule has 0 spiro atoms. The topological polar surface area (TPSA) is 31.2 Å². The molecule has 4 heteroatoms. The summed E-state index contributed by atoms with van der Waals surface area (Å²) >= 11 is 3.49. The summed E-state index contributed by atoms with van der Waals surface area (Å²) in [5.41, 5.74) is 2.02. The summed E-state index contributed by atoms with van der Waals surface area (Å²) in [4.78, 5) is 11.9. The van der Waals surface area contributed by atoms with Gasteiger partial charge in [-0.15, -0.1) is 0 Å². The number of hydrogen-bond donors (Lipinski definition) is 0. The monoisotopic (exact) mass is 343 g/mol. The van der Waals surface area contributed by atoms with Crippen molar-refractivity contribution >= 4 is 26.8 Å². The fourth-order valence-electron chi connectivity index (χ4n) is 2.45. The number of pyridine rings is 1. The molecule has 0 saturated heterocycles. The standard InChI is InChI=1S/C17H14BrNO2/c1-21-17-7-6-13(18)10-12(17)11-19-9-8-16(20)14-4-2-3-5-15(14)19/h2-10H,11H2,1H3. The van der Waals surface area contributed by atoms with Gasteiger partial charge in [0, 0.05) is 27.7 Å². The molecule has 0 aliphatic carbocycles. The van der Waals surface area contributed by atoms with Crippen molar-refractivity contribution in [3.05, 3.63) is 75.0 Å². The molecule has 0 radical (unpaired) electrons. The molecule has 0 amide bonds. The van der Waals surface area contributed by atoms with Gasteiger partial charge in [-0.05, 0) is 30.3 Å². The fraction of sp³-hybridized carbons (Fsp3) is 0.118. The van der Waals surface area contributed by atoms with Crippen molar-refractivity contribution in [1.82, 2.24) is 4.57 Å². The molecule has 1 heterocycles. The first-order valence-electron chi connectivity index (χ1n) is 6.59. The van der Waals surface area contributed by atoms with E-state index in [1.54, 1.807) is 13.2 Å². The summed E-state index contributed by atoms with van der Waals surface area (Å²) < 4.78 is 8.47. The van der Waals surface area contributed by atoms with Crippen molar-refractivity contribution in [2.75, 3.05) is 7.11 Å². The van der Waals surface area contributed by atoms with Gasteiger partial charge in [0.1, 0.15) is 5.75 Å². The molecule has 0 atom stereocenters. The Morgan fingerprint density at radius 2 is 1.95 bits per heavy atom. The SMILES string of the molecule is COc1ccc(Br)cc1Cn1ccc(=O)c2ccccc21. The minimum atomic E-state index is 0.0445. The Labute approximate surface area is 130 Å². The van der Waals surface area contributed by atoms with E-state index in [0.717, 1.165) is 26.7 Å². The van der Waals surface area contributed by atoms with Crippen LogP contribution in [0.15, 0.2) is 64.0 Å². The zero-order chi connectivity index (χ0) is 14.8. The van der Waals surface area contributed by atoms with E-state index >= 15 is 0 Å². The smallest absolute Gasteiger partial charge is 0.189 e. The molecule has 1 aromatic heterocycles. The molecule has 0 N–H and O–H groups in total. The Bertz CT molecular complexity index is 855. The predicted octanol–water partition coefficient (Wildman–Crippen LogP) is 3.82. The maximum absolute atomic E-state index is 11.9. The Morgan fingerprint density at radius 3 is 2.76 bits per heavy atom. The van der Waals surface area contributed by atoms with Crippen molar-refractivity contribution < 1.29 is 4.74 Å². The fourth-order valence-corrected chi connectivity index (χ4v) is 2.86. The first-order valence-corrected chi connectivity index (χ1v) is 7.39. The van der Waals surface area contributed by atoms with Crippen LogP contribution in [0.2, 0.25) is 0 Å². The van der Waals surface area contributed by atoms with Gasteiger partial charge in [0.05, 0.1) is 19.2 Å². The lowest BCUT2D eigenvalue weighted by molar-refractivity contribution is 0.408. The number of methoxy groups -OCH3 is 1.